The Kier molecular flexibility index (Phi) is 8.82. The second kappa shape index (κ2) is 11.5. The quantitative estimate of drug-likeness (QED) is 0.286. The summed E-state index contributed by atoms with van der Waals surface area (Å²) in [5, 5.41) is 5.23. The van der Waals surface area contributed by atoms with Crippen molar-refractivity contribution >= 4 is 17.5 Å². The number of amides is 1. The Morgan fingerprint density at radius 3 is 2.56 bits per heavy atom. The molecule has 0 aliphatic carbocycles. The summed E-state index contributed by atoms with van der Waals surface area (Å²) in [6, 6.07) is 4.83. The maximum atomic E-state index is 13.5. The van der Waals surface area contributed by atoms with E-state index in [1.807, 2.05) is 0 Å². The Morgan fingerprint density at radius 2 is 1.94 bits per heavy atom. The summed E-state index contributed by atoms with van der Waals surface area (Å²) in [5.74, 6) is -0.295. The second-order valence-corrected chi connectivity index (χ2v) is 6.56. The minimum atomic E-state index is -4.74. The molecular formula is C23H23F3N4O4. The molecule has 2 aromatic rings. The van der Waals surface area contributed by atoms with Gasteiger partial charge >= 0.3 is 6.18 Å². The van der Waals surface area contributed by atoms with E-state index in [2.05, 4.69) is 33.8 Å². The fourth-order valence-electron chi connectivity index (χ4n) is 2.46. The number of aromatic nitrogens is 2. The highest BCUT2D eigenvalue weighted by Crippen LogP contribution is 2.37. The number of ether oxygens (including phenoxy) is 3. The SMILES string of the molecule is C=CC(=O)NC(=C)/C=C\C=C(/C)Oc1nc(Nc2ccc(OC)cc2OC)ncc1C(F)(F)F. The summed E-state index contributed by atoms with van der Waals surface area (Å²) in [6.45, 7) is 8.37. The zero-order valence-electron chi connectivity index (χ0n) is 18.7. The number of carbonyl (C=O) groups is 1. The highest BCUT2D eigenvalue weighted by Gasteiger charge is 2.36. The van der Waals surface area contributed by atoms with Gasteiger partial charge in [-0.2, -0.15) is 18.2 Å². The predicted octanol–water partition coefficient (Wildman–Crippen LogP) is 4.91. The van der Waals surface area contributed by atoms with Gasteiger partial charge in [-0.05, 0) is 37.3 Å². The van der Waals surface area contributed by atoms with E-state index in [0.717, 1.165) is 6.08 Å². The Bertz CT molecular complexity index is 1130. The number of hydrogen-bond donors (Lipinski definition) is 2. The summed E-state index contributed by atoms with van der Waals surface area (Å²) in [4.78, 5) is 18.9. The number of halogens is 3. The molecular weight excluding hydrogens is 453 g/mol. The van der Waals surface area contributed by atoms with Crippen LogP contribution in [-0.2, 0) is 11.0 Å². The van der Waals surface area contributed by atoms with E-state index in [9.17, 15) is 18.0 Å². The van der Waals surface area contributed by atoms with Crippen LogP contribution in [0, 0.1) is 0 Å². The van der Waals surface area contributed by atoms with E-state index in [-0.39, 0.29) is 17.4 Å². The number of methoxy groups -OCH3 is 2. The normalized spacial score (nSPS) is 11.6. The molecule has 34 heavy (non-hydrogen) atoms. The average Bonchev–Trinajstić information content (AvgIpc) is 2.78. The lowest BCUT2D eigenvalue weighted by Gasteiger charge is -2.15. The van der Waals surface area contributed by atoms with Gasteiger partial charge in [-0.1, -0.05) is 19.2 Å². The molecule has 0 fully saturated rings. The lowest BCUT2D eigenvalue weighted by Crippen LogP contribution is -2.17. The number of carbonyl (C=O) groups excluding carboxylic acids is 1. The minimum absolute atomic E-state index is 0.0938. The number of anilines is 2. The van der Waals surface area contributed by atoms with Crippen molar-refractivity contribution in [1.82, 2.24) is 15.3 Å². The highest BCUT2D eigenvalue weighted by molar-refractivity contribution is 5.88. The molecule has 180 valence electrons. The van der Waals surface area contributed by atoms with Gasteiger partial charge in [0.05, 0.1) is 19.9 Å². The molecule has 0 saturated carbocycles. The van der Waals surface area contributed by atoms with Crippen LogP contribution in [0.2, 0.25) is 0 Å². The smallest absolute Gasteiger partial charge is 0.423 e. The van der Waals surface area contributed by atoms with Crippen molar-refractivity contribution in [2.24, 2.45) is 0 Å². The van der Waals surface area contributed by atoms with Crippen molar-refractivity contribution in [3.05, 3.63) is 78.9 Å². The second-order valence-electron chi connectivity index (χ2n) is 6.56. The predicted molar refractivity (Wildman–Crippen MR) is 121 cm³/mol. The van der Waals surface area contributed by atoms with E-state index in [4.69, 9.17) is 14.2 Å². The third-order valence-electron chi connectivity index (χ3n) is 4.07. The number of benzene rings is 1. The van der Waals surface area contributed by atoms with Crippen LogP contribution in [-0.4, -0.2) is 30.1 Å². The third-order valence-corrected chi connectivity index (χ3v) is 4.07. The molecule has 2 rings (SSSR count). The first-order valence-corrected chi connectivity index (χ1v) is 9.65. The van der Waals surface area contributed by atoms with E-state index in [1.54, 1.807) is 18.2 Å². The molecule has 0 atom stereocenters. The van der Waals surface area contributed by atoms with Crippen molar-refractivity contribution in [2.45, 2.75) is 13.1 Å². The molecule has 0 radical (unpaired) electrons. The first kappa shape index (κ1) is 26.0. The molecule has 1 heterocycles. The Balaban J connectivity index is 2.28. The highest BCUT2D eigenvalue weighted by atomic mass is 19.4. The van der Waals surface area contributed by atoms with Crippen LogP contribution in [0.4, 0.5) is 24.8 Å². The first-order valence-electron chi connectivity index (χ1n) is 9.65. The van der Waals surface area contributed by atoms with Crippen molar-refractivity contribution in [1.29, 1.82) is 0 Å². The molecule has 0 saturated heterocycles. The summed E-state index contributed by atoms with van der Waals surface area (Å²) < 4.78 is 56.1. The van der Waals surface area contributed by atoms with E-state index in [0.29, 0.717) is 23.4 Å². The van der Waals surface area contributed by atoms with Gasteiger partial charge in [0.2, 0.25) is 17.7 Å². The zero-order valence-corrected chi connectivity index (χ0v) is 18.7. The first-order chi connectivity index (χ1) is 16.1. The van der Waals surface area contributed by atoms with Crippen LogP contribution < -0.4 is 24.8 Å². The largest absolute Gasteiger partial charge is 0.497 e. The van der Waals surface area contributed by atoms with E-state index < -0.39 is 23.5 Å². The number of allylic oxidation sites excluding steroid dienone is 4. The van der Waals surface area contributed by atoms with Gasteiger partial charge in [-0.3, -0.25) is 4.79 Å². The van der Waals surface area contributed by atoms with Crippen LogP contribution in [0.15, 0.2) is 73.3 Å². The van der Waals surface area contributed by atoms with Crippen LogP contribution in [0.1, 0.15) is 12.5 Å². The molecule has 0 bridgehead atoms. The molecule has 2 N–H and O–H groups in total. The number of rotatable bonds is 10. The van der Waals surface area contributed by atoms with Crippen molar-refractivity contribution in [3.8, 4) is 17.4 Å². The summed E-state index contributed by atoms with van der Waals surface area (Å²) in [5.41, 5.74) is -0.490. The Morgan fingerprint density at radius 1 is 1.21 bits per heavy atom. The van der Waals surface area contributed by atoms with Crippen molar-refractivity contribution in [3.63, 3.8) is 0 Å². The molecule has 0 unspecified atom stereocenters. The van der Waals surface area contributed by atoms with Gasteiger partial charge in [0.25, 0.3) is 0 Å². The van der Waals surface area contributed by atoms with Crippen molar-refractivity contribution in [2.75, 3.05) is 19.5 Å². The topological polar surface area (TPSA) is 94.6 Å². The fraction of sp³-hybridized carbons (Fsp3) is 0.174. The maximum absolute atomic E-state index is 13.5. The van der Waals surface area contributed by atoms with Gasteiger partial charge in [0.1, 0.15) is 22.8 Å². The molecule has 0 spiro atoms. The van der Waals surface area contributed by atoms with Gasteiger partial charge < -0.3 is 24.8 Å². The van der Waals surface area contributed by atoms with Gasteiger partial charge in [-0.15, -0.1) is 0 Å². The van der Waals surface area contributed by atoms with Gasteiger partial charge in [0, 0.05) is 18.0 Å². The van der Waals surface area contributed by atoms with Gasteiger partial charge in [0.15, 0.2) is 0 Å². The summed E-state index contributed by atoms with van der Waals surface area (Å²) >= 11 is 0. The van der Waals surface area contributed by atoms with Gasteiger partial charge in [-0.25, -0.2) is 4.98 Å². The Labute approximate surface area is 194 Å². The van der Waals surface area contributed by atoms with Crippen LogP contribution >= 0.6 is 0 Å². The number of nitrogens with one attached hydrogen (secondary N) is 2. The average molecular weight is 476 g/mol. The van der Waals surface area contributed by atoms with Crippen molar-refractivity contribution < 1.29 is 32.2 Å². The molecule has 1 aromatic carbocycles. The number of hydrogen-bond acceptors (Lipinski definition) is 7. The molecule has 1 amide bonds. The Hall–Kier alpha value is -4.28. The number of nitrogens with zero attached hydrogens (tertiary/aromatic N) is 2. The fourth-order valence-corrected chi connectivity index (χ4v) is 2.46. The van der Waals surface area contributed by atoms with E-state index in [1.165, 1.54) is 39.4 Å². The summed E-state index contributed by atoms with van der Waals surface area (Å²) in [6.07, 6.45) is 1.21. The monoisotopic (exact) mass is 476 g/mol. The summed E-state index contributed by atoms with van der Waals surface area (Å²) in [7, 11) is 2.92. The minimum Gasteiger partial charge on any atom is -0.497 e. The molecule has 0 aliphatic rings. The lowest BCUT2D eigenvalue weighted by atomic mass is 10.2. The molecule has 8 nitrogen and oxygen atoms in total. The molecule has 0 aliphatic heterocycles. The number of alkyl halides is 3. The lowest BCUT2D eigenvalue weighted by molar-refractivity contribution is -0.139. The molecule has 11 heteroatoms. The maximum Gasteiger partial charge on any atom is 0.423 e. The molecule has 1 aromatic heterocycles. The van der Waals surface area contributed by atoms with Crippen LogP contribution in [0.25, 0.3) is 0 Å². The van der Waals surface area contributed by atoms with Crippen LogP contribution in [0.3, 0.4) is 0 Å². The van der Waals surface area contributed by atoms with E-state index >= 15 is 0 Å². The van der Waals surface area contributed by atoms with Crippen LogP contribution in [0.5, 0.6) is 17.4 Å². The third kappa shape index (κ3) is 7.40. The zero-order chi connectivity index (χ0) is 25.3. The standard InChI is InChI=1S/C23H23F3N4O4/c1-6-20(31)28-14(2)8-7-9-15(3)34-21-17(23(24,25)26)13-27-22(30-21)29-18-11-10-16(32-4)12-19(18)33-5/h6-13H,1-2H2,3-5H3,(H,28,31)(H,27,29,30)/b8-7-,15-9+.